The molecular weight excluding hydrogens is 260 g/mol. The Labute approximate surface area is 115 Å². The van der Waals surface area contributed by atoms with E-state index in [1.54, 1.807) is 35.9 Å². The van der Waals surface area contributed by atoms with E-state index in [9.17, 15) is 4.79 Å². The molecule has 1 amide bonds. The van der Waals surface area contributed by atoms with Crippen LogP contribution in [-0.2, 0) is 6.54 Å². The van der Waals surface area contributed by atoms with Crippen molar-refractivity contribution in [3.63, 3.8) is 0 Å². The van der Waals surface area contributed by atoms with Crippen LogP contribution in [0.5, 0.6) is 0 Å². The smallest absolute Gasteiger partial charge is 0.251 e. The topological polar surface area (TPSA) is 80.9 Å². The maximum atomic E-state index is 12.2. The summed E-state index contributed by atoms with van der Waals surface area (Å²) < 4.78 is 0. The average molecular weight is 276 g/mol. The Morgan fingerprint density at radius 1 is 1.47 bits per heavy atom. The Balaban J connectivity index is 2.11. The Hall–Kier alpha value is -1.79. The molecule has 6 heteroatoms. The van der Waals surface area contributed by atoms with E-state index in [0.717, 1.165) is 11.4 Å². The van der Waals surface area contributed by atoms with Gasteiger partial charge in [-0.05, 0) is 18.6 Å². The number of thiazole rings is 1. The van der Waals surface area contributed by atoms with Crippen LogP contribution in [0.4, 0.5) is 0 Å². The summed E-state index contributed by atoms with van der Waals surface area (Å²) in [6.45, 7) is 2.34. The zero-order chi connectivity index (χ0) is 13.7. The van der Waals surface area contributed by atoms with Crippen molar-refractivity contribution in [1.82, 2.24) is 15.3 Å². The first-order valence-corrected chi connectivity index (χ1v) is 6.97. The largest absolute Gasteiger partial charge is 0.343 e. The predicted octanol–water partition coefficient (Wildman–Crippen LogP) is 1.88. The first-order valence-electron chi connectivity index (χ1n) is 6.09. The van der Waals surface area contributed by atoms with Gasteiger partial charge in [0.25, 0.3) is 5.91 Å². The summed E-state index contributed by atoms with van der Waals surface area (Å²) in [5, 5.41) is 5.80. The third-order valence-corrected chi connectivity index (χ3v) is 3.64. The number of nitrogens with one attached hydrogen (secondary N) is 1. The van der Waals surface area contributed by atoms with Gasteiger partial charge in [0.1, 0.15) is 5.01 Å². The molecule has 0 saturated heterocycles. The Morgan fingerprint density at radius 2 is 2.32 bits per heavy atom. The van der Waals surface area contributed by atoms with E-state index in [2.05, 4.69) is 15.3 Å². The van der Waals surface area contributed by atoms with E-state index < -0.39 is 0 Å². The molecule has 2 heterocycles. The van der Waals surface area contributed by atoms with Crippen LogP contribution in [0.25, 0.3) is 0 Å². The second-order valence-electron chi connectivity index (χ2n) is 4.04. The van der Waals surface area contributed by atoms with Crippen molar-refractivity contribution in [3.05, 3.63) is 46.2 Å². The number of carbonyl (C=O) groups is 1. The summed E-state index contributed by atoms with van der Waals surface area (Å²) in [6, 6.07) is 3.34. The number of aromatic nitrogens is 2. The highest BCUT2D eigenvalue weighted by molar-refractivity contribution is 7.09. The van der Waals surface area contributed by atoms with Gasteiger partial charge in [-0.1, -0.05) is 6.92 Å². The van der Waals surface area contributed by atoms with Gasteiger partial charge in [0, 0.05) is 29.9 Å². The molecule has 0 aromatic carbocycles. The van der Waals surface area contributed by atoms with Gasteiger partial charge in [0.15, 0.2) is 0 Å². The van der Waals surface area contributed by atoms with E-state index in [-0.39, 0.29) is 11.9 Å². The quantitative estimate of drug-likeness (QED) is 0.873. The number of pyridine rings is 1. The van der Waals surface area contributed by atoms with Gasteiger partial charge in [-0.25, -0.2) is 4.98 Å². The molecule has 2 rings (SSSR count). The molecule has 0 spiro atoms. The van der Waals surface area contributed by atoms with Crippen molar-refractivity contribution < 1.29 is 4.79 Å². The van der Waals surface area contributed by atoms with E-state index >= 15 is 0 Å². The molecule has 2 aromatic heterocycles. The molecule has 0 bridgehead atoms. The Morgan fingerprint density at radius 3 is 2.95 bits per heavy atom. The summed E-state index contributed by atoms with van der Waals surface area (Å²) >= 11 is 1.54. The van der Waals surface area contributed by atoms with Crippen LogP contribution in [0, 0.1) is 0 Å². The van der Waals surface area contributed by atoms with E-state index in [4.69, 9.17) is 5.73 Å². The molecule has 0 aliphatic carbocycles. The fraction of sp³-hybridized carbons (Fsp3) is 0.308. The number of nitrogens with two attached hydrogens (primary N) is 1. The van der Waals surface area contributed by atoms with Gasteiger partial charge in [0.05, 0.1) is 11.7 Å². The minimum Gasteiger partial charge on any atom is -0.343 e. The van der Waals surface area contributed by atoms with Gasteiger partial charge < -0.3 is 11.1 Å². The van der Waals surface area contributed by atoms with E-state index in [1.165, 1.54) is 0 Å². The summed E-state index contributed by atoms with van der Waals surface area (Å²) in [4.78, 5) is 20.5. The molecule has 0 aliphatic heterocycles. The third-order valence-electron chi connectivity index (χ3n) is 2.75. The lowest BCUT2D eigenvalue weighted by atomic mass is 10.2. The van der Waals surface area contributed by atoms with Crippen LogP contribution < -0.4 is 11.1 Å². The first kappa shape index (κ1) is 13.6. The van der Waals surface area contributed by atoms with Gasteiger partial charge in [-0.2, -0.15) is 0 Å². The Bertz CT molecular complexity index is 541. The predicted molar refractivity (Wildman–Crippen MR) is 74.7 cm³/mol. The lowest BCUT2D eigenvalue weighted by Crippen LogP contribution is -2.28. The zero-order valence-electron chi connectivity index (χ0n) is 10.7. The van der Waals surface area contributed by atoms with Crippen molar-refractivity contribution in [3.8, 4) is 0 Å². The third kappa shape index (κ3) is 3.36. The molecule has 0 radical (unpaired) electrons. The normalized spacial score (nSPS) is 12.1. The van der Waals surface area contributed by atoms with Crippen LogP contribution >= 0.6 is 11.3 Å². The monoisotopic (exact) mass is 276 g/mol. The molecule has 1 unspecified atom stereocenters. The molecule has 0 aliphatic rings. The number of hydrogen-bond acceptors (Lipinski definition) is 5. The Kier molecular flexibility index (Phi) is 4.59. The van der Waals surface area contributed by atoms with Gasteiger partial charge in [0.2, 0.25) is 0 Å². The van der Waals surface area contributed by atoms with Crippen LogP contribution in [-0.4, -0.2) is 15.9 Å². The number of nitrogens with zero attached hydrogens (tertiary/aromatic N) is 2. The molecule has 0 saturated carbocycles. The number of amides is 1. The minimum absolute atomic E-state index is 0.0537. The zero-order valence-corrected chi connectivity index (χ0v) is 11.5. The molecular formula is C13H16N4OS. The molecule has 100 valence electrons. The van der Waals surface area contributed by atoms with Crippen LogP contribution in [0.2, 0.25) is 0 Å². The molecule has 0 fully saturated rings. The van der Waals surface area contributed by atoms with Gasteiger partial charge in [-0.15, -0.1) is 11.3 Å². The fourth-order valence-electron chi connectivity index (χ4n) is 1.72. The standard InChI is InChI=1S/C13H16N4OS/c1-2-11(13-16-5-6-19-13)17-12(18)9-3-4-15-10(7-9)8-14/h3-7,11H,2,8,14H2,1H3,(H,17,18). The maximum Gasteiger partial charge on any atom is 0.251 e. The molecule has 3 N–H and O–H groups in total. The SMILES string of the molecule is CCC(NC(=O)c1ccnc(CN)c1)c1nccs1. The molecule has 2 aromatic rings. The summed E-state index contributed by atoms with van der Waals surface area (Å²) in [7, 11) is 0. The van der Waals surface area contributed by atoms with Crippen LogP contribution in [0.1, 0.15) is 40.4 Å². The highest BCUT2D eigenvalue weighted by Gasteiger charge is 2.16. The number of carbonyl (C=O) groups excluding carboxylic acids is 1. The van der Waals surface area contributed by atoms with E-state index in [0.29, 0.717) is 17.8 Å². The lowest BCUT2D eigenvalue weighted by molar-refractivity contribution is 0.0935. The van der Waals surface area contributed by atoms with Crippen molar-refractivity contribution in [1.29, 1.82) is 0 Å². The molecule has 1 atom stereocenters. The minimum atomic E-state index is -0.126. The average Bonchev–Trinajstić information content (AvgIpc) is 2.98. The highest BCUT2D eigenvalue weighted by atomic mass is 32.1. The fourth-order valence-corrected chi connectivity index (χ4v) is 2.49. The summed E-state index contributed by atoms with van der Waals surface area (Å²) in [5.41, 5.74) is 6.80. The summed E-state index contributed by atoms with van der Waals surface area (Å²) in [5.74, 6) is -0.126. The summed E-state index contributed by atoms with van der Waals surface area (Å²) in [6.07, 6.45) is 4.14. The van der Waals surface area contributed by atoms with Crippen molar-refractivity contribution in [2.75, 3.05) is 0 Å². The van der Waals surface area contributed by atoms with Crippen LogP contribution in [0.3, 0.4) is 0 Å². The van der Waals surface area contributed by atoms with Gasteiger partial charge in [-0.3, -0.25) is 9.78 Å². The number of hydrogen-bond donors (Lipinski definition) is 2. The maximum absolute atomic E-state index is 12.2. The lowest BCUT2D eigenvalue weighted by Gasteiger charge is -2.14. The van der Waals surface area contributed by atoms with Gasteiger partial charge >= 0.3 is 0 Å². The van der Waals surface area contributed by atoms with Crippen molar-refractivity contribution >= 4 is 17.2 Å². The number of rotatable bonds is 5. The van der Waals surface area contributed by atoms with Crippen LogP contribution in [0.15, 0.2) is 29.9 Å². The molecule has 5 nitrogen and oxygen atoms in total. The first-order chi connectivity index (χ1) is 9.24. The van der Waals surface area contributed by atoms with Crippen molar-refractivity contribution in [2.24, 2.45) is 5.73 Å². The second kappa shape index (κ2) is 6.40. The molecule has 19 heavy (non-hydrogen) atoms. The van der Waals surface area contributed by atoms with Crippen molar-refractivity contribution in [2.45, 2.75) is 25.9 Å². The van der Waals surface area contributed by atoms with E-state index in [1.807, 2.05) is 12.3 Å². The second-order valence-corrected chi connectivity index (χ2v) is 4.97. The highest BCUT2D eigenvalue weighted by Crippen LogP contribution is 2.19.